The zero-order chi connectivity index (χ0) is 22.5. The zero-order valence-corrected chi connectivity index (χ0v) is 12.7. The number of esters is 1. The van der Waals surface area contributed by atoms with Crippen molar-refractivity contribution in [2.24, 2.45) is 0 Å². The molecule has 0 saturated carbocycles. The second kappa shape index (κ2) is 6.51. The molecule has 16 heteroatoms. The van der Waals surface area contributed by atoms with E-state index in [1.54, 1.807) is 0 Å². The molecule has 4 nitrogen and oxygen atoms in total. The highest BCUT2D eigenvalue weighted by Gasteiger charge is 2.79. The molecule has 0 unspecified atom stereocenters. The summed E-state index contributed by atoms with van der Waals surface area (Å²) in [5.41, 5.74) is -1.64. The molecule has 0 aliphatic heterocycles. The van der Waals surface area contributed by atoms with Crippen LogP contribution in [-0.2, 0) is 10.7 Å². The summed E-state index contributed by atoms with van der Waals surface area (Å²) in [6.45, 7) is 0. The predicted molar refractivity (Wildman–Crippen MR) is 66.8 cm³/mol. The van der Waals surface area contributed by atoms with E-state index >= 15 is 0 Å². The minimum atomic E-state index is -6.87. The summed E-state index contributed by atoms with van der Waals surface area (Å²) in [6, 6.07) is -0.541. The molecule has 0 atom stereocenters. The van der Waals surface area contributed by atoms with Gasteiger partial charge in [-0.05, 0) is 12.1 Å². The fraction of sp³-hybridized carbons (Fsp3) is 0.417. The molecule has 160 valence electrons. The maximum absolute atomic E-state index is 13.5. The molecule has 0 amide bonds. The summed E-state index contributed by atoms with van der Waals surface area (Å²) in [4.78, 5) is 11.2. The fourth-order valence-corrected chi connectivity index (χ4v) is 1.69. The van der Waals surface area contributed by atoms with Crippen LogP contribution in [0.4, 0.5) is 64.1 Å². The lowest BCUT2D eigenvalue weighted by molar-refractivity contribution is -0.330. The lowest BCUT2D eigenvalue weighted by Crippen LogP contribution is -2.60. The Hall–Kier alpha value is -2.55. The predicted octanol–water partition coefficient (Wildman–Crippen LogP) is 4.24. The lowest BCUT2D eigenvalue weighted by Gasteiger charge is -2.28. The van der Waals surface area contributed by atoms with E-state index in [2.05, 4.69) is 4.74 Å². The van der Waals surface area contributed by atoms with E-state index < -0.39 is 58.8 Å². The van der Waals surface area contributed by atoms with Gasteiger partial charge in [0.2, 0.25) is 0 Å². The molecule has 0 fully saturated rings. The Labute approximate surface area is 146 Å². The highest BCUT2D eigenvalue weighted by molar-refractivity contribution is 5.87. The first-order valence-corrected chi connectivity index (χ1v) is 6.36. The SMILES string of the molecule is Nc1cc(C(F)(F)C(F)(F)F)cc(N)c1OC(=O)C(F)(C(F)(F)F)C(F)(F)F. The number of benzene rings is 1. The van der Waals surface area contributed by atoms with Gasteiger partial charge in [0.15, 0.2) is 5.75 Å². The van der Waals surface area contributed by atoms with Crippen LogP contribution in [0.3, 0.4) is 0 Å². The van der Waals surface area contributed by atoms with Gasteiger partial charge in [0.1, 0.15) is 0 Å². The number of nitrogen functional groups attached to an aromatic ring is 2. The second-order valence-corrected chi connectivity index (χ2v) is 5.10. The first-order valence-electron chi connectivity index (χ1n) is 6.36. The molecule has 0 heterocycles. The molecule has 0 aliphatic rings. The Morgan fingerprint density at radius 1 is 0.714 bits per heavy atom. The second-order valence-electron chi connectivity index (χ2n) is 5.10. The molecule has 0 bridgehead atoms. The molecular formula is C12H6F12N2O2. The largest absolute Gasteiger partial charge is 0.458 e. The minimum absolute atomic E-state index is 0.270. The summed E-state index contributed by atoms with van der Waals surface area (Å²) in [5, 5.41) is 0. The number of hydrogen-bond acceptors (Lipinski definition) is 4. The third-order valence-electron chi connectivity index (χ3n) is 3.12. The Morgan fingerprint density at radius 2 is 1.07 bits per heavy atom. The van der Waals surface area contributed by atoms with E-state index in [9.17, 15) is 57.5 Å². The normalized spacial score (nSPS) is 14.1. The number of anilines is 2. The van der Waals surface area contributed by atoms with Gasteiger partial charge >= 0.3 is 36.1 Å². The number of carbonyl (C=O) groups is 1. The number of nitrogens with two attached hydrogens (primary N) is 2. The van der Waals surface area contributed by atoms with Crippen LogP contribution in [0.2, 0.25) is 0 Å². The van der Waals surface area contributed by atoms with Gasteiger partial charge in [0, 0.05) is 5.56 Å². The van der Waals surface area contributed by atoms with Crippen LogP contribution in [-0.4, -0.2) is 30.2 Å². The number of carbonyl (C=O) groups excluding carboxylic acids is 1. The summed E-state index contributed by atoms with van der Waals surface area (Å²) < 4.78 is 155. The van der Waals surface area contributed by atoms with Gasteiger partial charge in [-0.1, -0.05) is 0 Å². The van der Waals surface area contributed by atoms with Crippen LogP contribution in [0.1, 0.15) is 5.56 Å². The van der Waals surface area contributed by atoms with E-state index in [0.29, 0.717) is 0 Å². The molecule has 1 rings (SSSR count). The topological polar surface area (TPSA) is 78.3 Å². The Bertz CT molecular complexity index is 728. The maximum atomic E-state index is 13.5. The van der Waals surface area contributed by atoms with Gasteiger partial charge in [0.25, 0.3) is 0 Å². The molecule has 0 spiro atoms. The lowest BCUT2D eigenvalue weighted by atomic mass is 10.0. The molecule has 1 aromatic carbocycles. The van der Waals surface area contributed by atoms with E-state index in [0.717, 1.165) is 0 Å². The van der Waals surface area contributed by atoms with Crippen LogP contribution in [0.5, 0.6) is 5.75 Å². The molecular weight excluding hydrogens is 432 g/mol. The average Bonchev–Trinajstić information content (AvgIpc) is 2.45. The number of ether oxygens (including phenoxy) is 1. The monoisotopic (exact) mass is 438 g/mol. The Kier molecular flexibility index (Phi) is 5.46. The molecule has 0 saturated heterocycles. The quantitative estimate of drug-likeness (QED) is 0.320. The van der Waals surface area contributed by atoms with Gasteiger partial charge < -0.3 is 16.2 Å². The number of rotatable bonds is 3. The van der Waals surface area contributed by atoms with E-state index in [1.807, 2.05) is 0 Å². The number of halogens is 12. The molecule has 28 heavy (non-hydrogen) atoms. The molecule has 1 aromatic rings. The molecule has 4 N–H and O–H groups in total. The van der Waals surface area contributed by atoms with Crippen molar-refractivity contribution in [3.63, 3.8) is 0 Å². The smallest absolute Gasteiger partial charge is 0.419 e. The Morgan fingerprint density at radius 3 is 1.36 bits per heavy atom. The fourth-order valence-electron chi connectivity index (χ4n) is 1.69. The highest BCUT2D eigenvalue weighted by Crippen LogP contribution is 2.49. The van der Waals surface area contributed by atoms with Gasteiger partial charge in [0.05, 0.1) is 11.4 Å². The summed E-state index contributed by atoms with van der Waals surface area (Å²) in [7, 11) is 0. The standard InChI is InChI=1S/C12H6F12N2O2/c13-8(10(16,17)18,11(19,20)21)7(27)28-6-4(25)1-3(2-5(6)26)9(14,15)12(22,23)24/h1-2H,25-26H2. The summed E-state index contributed by atoms with van der Waals surface area (Å²) in [6.07, 6.45) is -19.9. The molecule has 0 radical (unpaired) electrons. The molecule has 0 aromatic heterocycles. The third kappa shape index (κ3) is 3.71. The maximum Gasteiger partial charge on any atom is 0.458 e. The third-order valence-corrected chi connectivity index (χ3v) is 3.12. The van der Waals surface area contributed by atoms with Gasteiger partial charge in [-0.15, -0.1) is 0 Å². The first kappa shape index (κ1) is 23.5. The van der Waals surface area contributed by atoms with Crippen molar-refractivity contribution in [3.05, 3.63) is 17.7 Å². The van der Waals surface area contributed by atoms with E-state index in [1.165, 1.54) is 0 Å². The summed E-state index contributed by atoms with van der Waals surface area (Å²) >= 11 is 0. The van der Waals surface area contributed by atoms with Crippen molar-refractivity contribution in [2.45, 2.75) is 30.1 Å². The van der Waals surface area contributed by atoms with Crippen LogP contribution in [0.15, 0.2) is 12.1 Å². The van der Waals surface area contributed by atoms with Crippen LogP contribution < -0.4 is 16.2 Å². The van der Waals surface area contributed by atoms with Crippen molar-refractivity contribution in [1.82, 2.24) is 0 Å². The van der Waals surface area contributed by atoms with Gasteiger partial charge in [-0.2, -0.15) is 48.3 Å². The molecule has 0 aliphatic carbocycles. The van der Waals surface area contributed by atoms with Gasteiger partial charge in [-0.25, -0.2) is 9.18 Å². The van der Waals surface area contributed by atoms with Crippen LogP contribution in [0.25, 0.3) is 0 Å². The van der Waals surface area contributed by atoms with E-state index in [4.69, 9.17) is 11.5 Å². The van der Waals surface area contributed by atoms with Gasteiger partial charge in [-0.3, -0.25) is 0 Å². The van der Waals surface area contributed by atoms with E-state index in [-0.39, 0.29) is 12.1 Å². The first-order chi connectivity index (χ1) is 12.2. The van der Waals surface area contributed by atoms with Crippen molar-refractivity contribution in [2.75, 3.05) is 11.5 Å². The highest BCUT2D eigenvalue weighted by atomic mass is 19.4. The van der Waals surface area contributed by atoms with Crippen molar-refractivity contribution >= 4 is 17.3 Å². The average molecular weight is 438 g/mol. The zero-order valence-electron chi connectivity index (χ0n) is 12.7. The van der Waals surface area contributed by atoms with Crippen molar-refractivity contribution in [3.8, 4) is 5.75 Å². The number of hydrogen-bond donors (Lipinski definition) is 2. The Balaban J connectivity index is 3.44. The van der Waals surface area contributed by atoms with Crippen LogP contribution >= 0.6 is 0 Å². The summed E-state index contributed by atoms with van der Waals surface area (Å²) in [5.74, 6) is -10.9. The van der Waals surface area contributed by atoms with Crippen LogP contribution in [0, 0.1) is 0 Å². The minimum Gasteiger partial charge on any atom is -0.419 e. The van der Waals surface area contributed by atoms with Crippen molar-refractivity contribution in [1.29, 1.82) is 0 Å². The van der Waals surface area contributed by atoms with Crippen molar-refractivity contribution < 1.29 is 62.2 Å². The number of alkyl halides is 12.